The first-order valence-electron chi connectivity index (χ1n) is 4.98. The summed E-state index contributed by atoms with van der Waals surface area (Å²) in [5.41, 5.74) is 0.891. The van der Waals surface area contributed by atoms with Crippen LogP contribution >= 0.6 is 15.9 Å². The molecule has 0 fully saturated rings. The SMILES string of the molecule is CCCC(O)c1c(Br)cnn1C(C)C. The number of nitrogens with zero attached hydrogens (tertiary/aromatic N) is 2. The summed E-state index contributed by atoms with van der Waals surface area (Å²) in [4.78, 5) is 0. The Morgan fingerprint density at radius 2 is 2.21 bits per heavy atom. The Labute approximate surface area is 93.3 Å². The van der Waals surface area contributed by atoms with Gasteiger partial charge in [0.25, 0.3) is 0 Å². The molecular weight excluding hydrogens is 244 g/mol. The average molecular weight is 261 g/mol. The standard InChI is InChI=1S/C10H17BrN2O/c1-4-5-9(14)10-8(11)6-12-13(10)7(2)3/h6-7,9,14H,4-5H2,1-3H3. The van der Waals surface area contributed by atoms with Crippen LogP contribution in [0.25, 0.3) is 0 Å². The third-order valence-corrected chi connectivity index (χ3v) is 2.76. The highest BCUT2D eigenvalue weighted by atomic mass is 79.9. The summed E-state index contributed by atoms with van der Waals surface area (Å²) < 4.78 is 2.76. The fourth-order valence-corrected chi connectivity index (χ4v) is 2.02. The zero-order valence-corrected chi connectivity index (χ0v) is 10.5. The number of aliphatic hydroxyl groups excluding tert-OH is 1. The summed E-state index contributed by atoms with van der Waals surface area (Å²) in [6.07, 6.45) is 3.07. The molecule has 1 aromatic heterocycles. The topological polar surface area (TPSA) is 38.1 Å². The zero-order valence-electron chi connectivity index (χ0n) is 8.87. The molecule has 3 nitrogen and oxygen atoms in total. The molecule has 1 heterocycles. The van der Waals surface area contributed by atoms with Crippen LogP contribution in [0, 0.1) is 0 Å². The Morgan fingerprint density at radius 3 is 2.71 bits per heavy atom. The molecule has 0 saturated carbocycles. The quantitative estimate of drug-likeness (QED) is 0.904. The maximum atomic E-state index is 9.93. The van der Waals surface area contributed by atoms with Gasteiger partial charge < -0.3 is 5.11 Å². The lowest BCUT2D eigenvalue weighted by atomic mass is 10.1. The number of halogens is 1. The van der Waals surface area contributed by atoms with Crippen LogP contribution in [0.4, 0.5) is 0 Å². The van der Waals surface area contributed by atoms with Crippen LogP contribution in [0.5, 0.6) is 0 Å². The maximum absolute atomic E-state index is 9.93. The van der Waals surface area contributed by atoms with Crippen LogP contribution in [0.1, 0.15) is 51.5 Å². The van der Waals surface area contributed by atoms with E-state index in [1.807, 2.05) is 4.68 Å². The molecule has 0 amide bonds. The van der Waals surface area contributed by atoms with Crippen molar-refractivity contribution in [2.24, 2.45) is 0 Å². The molecular formula is C10H17BrN2O. The first-order chi connectivity index (χ1) is 6.57. The molecule has 0 saturated heterocycles. The van der Waals surface area contributed by atoms with Crippen molar-refractivity contribution >= 4 is 15.9 Å². The molecule has 0 aliphatic rings. The van der Waals surface area contributed by atoms with E-state index in [2.05, 4.69) is 41.8 Å². The van der Waals surface area contributed by atoms with Crippen LogP contribution in [0.15, 0.2) is 10.7 Å². The molecule has 0 spiro atoms. The van der Waals surface area contributed by atoms with E-state index in [1.165, 1.54) is 0 Å². The number of aliphatic hydroxyl groups is 1. The minimum atomic E-state index is -0.417. The Hall–Kier alpha value is -0.350. The molecule has 1 rings (SSSR count). The van der Waals surface area contributed by atoms with Crippen LogP contribution in [-0.4, -0.2) is 14.9 Å². The molecule has 1 aromatic rings. The maximum Gasteiger partial charge on any atom is 0.0968 e. The van der Waals surface area contributed by atoms with Crippen molar-refractivity contribution in [3.05, 3.63) is 16.4 Å². The van der Waals surface area contributed by atoms with Crippen LogP contribution in [0.3, 0.4) is 0 Å². The van der Waals surface area contributed by atoms with Crippen molar-refractivity contribution in [3.8, 4) is 0 Å². The van der Waals surface area contributed by atoms with Gasteiger partial charge in [0.1, 0.15) is 0 Å². The first-order valence-corrected chi connectivity index (χ1v) is 5.78. The van der Waals surface area contributed by atoms with Gasteiger partial charge in [-0.3, -0.25) is 4.68 Å². The van der Waals surface area contributed by atoms with Gasteiger partial charge in [-0.05, 0) is 36.2 Å². The van der Waals surface area contributed by atoms with Crippen LogP contribution in [-0.2, 0) is 0 Å². The predicted octanol–water partition coefficient (Wildman–Crippen LogP) is 3.06. The summed E-state index contributed by atoms with van der Waals surface area (Å²) in [6, 6.07) is 0.280. The molecule has 0 aliphatic heterocycles. The van der Waals surface area contributed by atoms with Gasteiger partial charge >= 0.3 is 0 Å². The Bertz CT molecular complexity index is 296. The minimum absolute atomic E-state index is 0.280. The van der Waals surface area contributed by atoms with E-state index in [0.29, 0.717) is 0 Å². The van der Waals surface area contributed by atoms with E-state index in [9.17, 15) is 5.11 Å². The molecule has 80 valence electrons. The minimum Gasteiger partial charge on any atom is -0.387 e. The highest BCUT2D eigenvalue weighted by Gasteiger charge is 2.18. The lowest BCUT2D eigenvalue weighted by molar-refractivity contribution is 0.152. The van der Waals surface area contributed by atoms with Gasteiger partial charge in [-0.15, -0.1) is 0 Å². The number of aromatic nitrogens is 2. The second-order valence-corrected chi connectivity index (χ2v) is 4.57. The van der Waals surface area contributed by atoms with E-state index < -0.39 is 6.10 Å². The smallest absolute Gasteiger partial charge is 0.0968 e. The van der Waals surface area contributed by atoms with E-state index in [4.69, 9.17) is 0 Å². The third-order valence-electron chi connectivity index (χ3n) is 2.15. The van der Waals surface area contributed by atoms with Gasteiger partial charge in [0, 0.05) is 6.04 Å². The van der Waals surface area contributed by atoms with Crippen molar-refractivity contribution in [1.82, 2.24) is 9.78 Å². The summed E-state index contributed by atoms with van der Waals surface area (Å²) in [5.74, 6) is 0. The van der Waals surface area contributed by atoms with Gasteiger partial charge in [-0.2, -0.15) is 5.10 Å². The summed E-state index contributed by atoms with van der Waals surface area (Å²) in [6.45, 7) is 6.18. The molecule has 4 heteroatoms. The number of rotatable bonds is 4. The van der Waals surface area contributed by atoms with E-state index >= 15 is 0 Å². The van der Waals surface area contributed by atoms with Gasteiger partial charge in [0.05, 0.1) is 22.5 Å². The Morgan fingerprint density at radius 1 is 1.57 bits per heavy atom. The van der Waals surface area contributed by atoms with Crippen molar-refractivity contribution in [2.75, 3.05) is 0 Å². The molecule has 1 N–H and O–H groups in total. The van der Waals surface area contributed by atoms with E-state index in [-0.39, 0.29) is 6.04 Å². The third kappa shape index (κ3) is 2.36. The van der Waals surface area contributed by atoms with Crippen molar-refractivity contribution < 1.29 is 5.11 Å². The lowest BCUT2D eigenvalue weighted by Gasteiger charge is -2.15. The summed E-state index contributed by atoms with van der Waals surface area (Å²) in [7, 11) is 0. The normalized spacial score (nSPS) is 13.6. The molecule has 14 heavy (non-hydrogen) atoms. The second-order valence-electron chi connectivity index (χ2n) is 3.72. The largest absolute Gasteiger partial charge is 0.387 e. The fourth-order valence-electron chi connectivity index (χ4n) is 1.48. The van der Waals surface area contributed by atoms with Crippen LogP contribution < -0.4 is 0 Å². The number of hydrogen-bond acceptors (Lipinski definition) is 2. The summed E-state index contributed by atoms with van der Waals surface area (Å²) >= 11 is 3.41. The van der Waals surface area contributed by atoms with Crippen molar-refractivity contribution in [2.45, 2.75) is 45.8 Å². The molecule has 1 unspecified atom stereocenters. The molecule has 0 bridgehead atoms. The van der Waals surface area contributed by atoms with E-state index in [0.717, 1.165) is 23.0 Å². The molecule has 0 aromatic carbocycles. The second kappa shape index (κ2) is 4.94. The van der Waals surface area contributed by atoms with Gasteiger partial charge in [-0.1, -0.05) is 13.3 Å². The monoisotopic (exact) mass is 260 g/mol. The average Bonchev–Trinajstić information content (AvgIpc) is 2.47. The Balaban J connectivity index is 2.98. The van der Waals surface area contributed by atoms with Crippen molar-refractivity contribution in [1.29, 1.82) is 0 Å². The number of hydrogen-bond donors (Lipinski definition) is 1. The van der Waals surface area contributed by atoms with Gasteiger partial charge in [0.2, 0.25) is 0 Å². The zero-order chi connectivity index (χ0) is 10.7. The molecule has 0 radical (unpaired) electrons. The first kappa shape index (κ1) is 11.7. The lowest BCUT2D eigenvalue weighted by Crippen LogP contribution is -2.11. The highest BCUT2D eigenvalue weighted by molar-refractivity contribution is 9.10. The van der Waals surface area contributed by atoms with Crippen molar-refractivity contribution in [3.63, 3.8) is 0 Å². The summed E-state index contributed by atoms with van der Waals surface area (Å²) in [5, 5.41) is 14.2. The predicted molar refractivity (Wildman–Crippen MR) is 60.2 cm³/mol. The Kier molecular flexibility index (Phi) is 4.13. The molecule has 0 aliphatic carbocycles. The van der Waals surface area contributed by atoms with Crippen LogP contribution in [0.2, 0.25) is 0 Å². The molecule has 1 atom stereocenters. The fraction of sp³-hybridized carbons (Fsp3) is 0.700. The highest BCUT2D eigenvalue weighted by Crippen LogP contribution is 2.28. The van der Waals surface area contributed by atoms with E-state index in [1.54, 1.807) is 6.20 Å². The van der Waals surface area contributed by atoms with Gasteiger partial charge in [-0.25, -0.2) is 0 Å². The van der Waals surface area contributed by atoms with Gasteiger partial charge in [0.15, 0.2) is 0 Å².